The molecule has 0 amide bonds. The molecule has 3 rings (SSSR count). The van der Waals surface area contributed by atoms with Crippen LogP contribution in [0.3, 0.4) is 0 Å². The molecule has 0 atom stereocenters. The summed E-state index contributed by atoms with van der Waals surface area (Å²) < 4.78 is 31.4. The van der Waals surface area contributed by atoms with E-state index in [1.54, 1.807) is 23.1 Å². The molecule has 0 saturated carbocycles. The first-order chi connectivity index (χ1) is 9.08. The number of benzene rings is 1. The molecule has 1 aliphatic heterocycles. The summed E-state index contributed by atoms with van der Waals surface area (Å²) in [5.41, 5.74) is 1.15. The van der Waals surface area contributed by atoms with Gasteiger partial charge in [-0.1, -0.05) is 28.2 Å². The first kappa shape index (κ1) is 12.5. The lowest BCUT2D eigenvalue weighted by Gasteiger charge is -2.24. The van der Waals surface area contributed by atoms with Gasteiger partial charge in [0.15, 0.2) is 0 Å². The summed E-state index contributed by atoms with van der Waals surface area (Å²) in [6, 6.07) is 6.66. The molecule has 9 heteroatoms. The van der Waals surface area contributed by atoms with Crippen LogP contribution >= 0.6 is 23.1 Å². The van der Waals surface area contributed by atoms with Crippen molar-refractivity contribution in [2.45, 2.75) is 11.4 Å². The molecule has 0 unspecified atom stereocenters. The summed E-state index contributed by atoms with van der Waals surface area (Å²) in [6.45, 7) is 0.325. The largest absolute Gasteiger partial charge is 0.324 e. The summed E-state index contributed by atoms with van der Waals surface area (Å²) in [6.07, 6.45) is 1.27. The van der Waals surface area contributed by atoms with Crippen molar-refractivity contribution in [1.82, 2.24) is 9.59 Å². The van der Waals surface area contributed by atoms with Gasteiger partial charge in [-0.2, -0.15) is 8.42 Å². The van der Waals surface area contributed by atoms with Crippen molar-refractivity contribution in [2.24, 2.45) is 4.40 Å². The van der Waals surface area contributed by atoms with Crippen molar-refractivity contribution in [1.29, 1.82) is 0 Å². The zero-order chi connectivity index (χ0) is 13.5. The fourth-order valence-electron chi connectivity index (χ4n) is 1.73. The van der Waals surface area contributed by atoms with Crippen LogP contribution in [0.5, 0.6) is 0 Å². The van der Waals surface area contributed by atoms with Crippen LogP contribution in [0.4, 0.5) is 5.69 Å². The average molecular weight is 315 g/mol. The Balaban J connectivity index is 2.03. The first-order valence-corrected chi connectivity index (χ1v) is 7.80. The topological polar surface area (TPSA) is 75.5 Å². The van der Waals surface area contributed by atoms with E-state index in [1.807, 2.05) is 0 Å². The number of rotatable bonds is 2. The normalized spacial score (nSPS) is 16.4. The van der Waals surface area contributed by atoms with Gasteiger partial charge in [0.05, 0.1) is 12.2 Å². The van der Waals surface area contributed by atoms with Crippen molar-refractivity contribution < 1.29 is 8.42 Å². The molecular formula is C10H7ClN4O2S2. The summed E-state index contributed by atoms with van der Waals surface area (Å²) in [7, 11) is -3.60. The molecule has 1 aliphatic rings. The number of anilines is 1. The molecule has 0 fully saturated rings. The predicted octanol–water partition coefficient (Wildman–Crippen LogP) is 1.93. The van der Waals surface area contributed by atoms with Crippen LogP contribution < -0.4 is 4.90 Å². The van der Waals surface area contributed by atoms with E-state index < -0.39 is 10.0 Å². The Kier molecular flexibility index (Phi) is 3.00. The third kappa shape index (κ3) is 2.22. The summed E-state index contributed by atoms with van der Waals surface area (Å²) >= 11 is 7.04. The van der Waals surface area contributed by atoms with E-state index in [2.05, 4.69) is 14.0 Å². The third-order valence-electron chi connectivity index (χ3n) is 2.61. The van der Waals surface area contributed by atoms with Crippen LogP contribution in [0.25, 0.3) is 0 Å². The smallest absolute Gasteiger partial charge is 0.285 e. The quantitative estimate of drug-likeness (QED) is 0.846. The van der Waals surface area contributed by atoms with Gasteiger partial charge in [0.1, 0.15) is 21.3 Å². The molecule has 0 saturated heterocycles. The van der Waals surface area contributed by atoms with Crippen LogP contribution in [0.2, 0.25) is 4.34 Å². The minimum absolute atomic E-state index is 0.178. The standard InChI is InChI=1S/C10H7ClN4O2S2/c11-10-7(13-14-18-10)5-15-6-12-19(16,17)9-4-2-1-3-8(9)15/h1-4,6H,5H2. The lowest BCUT2D eigenvalue weighted by Crippen LogP contribution is -2.26. The molecule has 1 aromatic heterocycles. The maximum Gasteiger partial charge on any atom is 0.285 e. The Morgan fingerprint density at radius 2 is 2.11 bits per heavy atom. The number of fused-ring (bicyclic) bond motifs is 1. The van der Waals surface area contributed by atoms with Gasteiger partial charge in [-0.3, -0.25) is 0 Å². The van der Waals surface area contributed by atoms with E-state index in [1.165, 1.54) is 12.4 Å². The Bertz CT molecular complexity index is 756. The Labute approximate surface area is 118 Å². The second-order valence-corrected chi connectivity index (χ2v) is 6.74. The predicted molar refractivity (Wildman–Crippen MR) is 73.2 cm³/mol. The third-order valence-corrected chi connectivity index (χ3v) is 4.86. The van der Waals surface area contributed by atoms with Crippen LogP contribution in [0.15, 0.2) is 33.6 Å². The highest BCUT2D eigenvalue weighted by Gasteiger charge is 2.25. The zero-order valence-corrected chi connectivity index (χ0v) is 11.8. The van der Waals surface area contributed by atoms with E-state index in [0.717, 1.165) is 11.5 Å². The Hall–Kier alpha value is -1.51. The molecule has 98 valence electrons. The van der Waals surface area contributed by atoms with Crippen LogP contribution in [0, 0.1) is 0 Å². The average Bonchev–Trinajstić information content (AvgIpc) is 2.79. The molecule has 0 aliphatic carbocycles. The molecule has 1 aromatic carbocycles. The molecule has 2 aromatic rings. The lowest BCUT2D eigenvalue weighted by molar-refractivity contribution is 0.597. The van der Waals surface area contributed by atoms with Gasteiger partial charge in [0, 0.05) is 11.5 Å². The maximum atomic E-state index is 11.8. The van der Waals surface area contributed by atoms with Crippen molar-refractivity contribution in [2.75, 3.05) is 4.90 Å². The number of aromatic nitrogens is 2. The van der Waals surface area contributed by atoms with Gasteiger partial charge in [-0.25, -0.2) is 0 Å². The maximum absolute atomic E-state index is 11.8. The van der Waals surface area contributed by atoms with Crippen molar-refractivity contribution in [3.05, 3.63) is 34.3 Å². The highest BCUT2D eigenvalue weighted by atomic mass is 35.5. The zero-order valence-electron chi connectivity index (χ0n) is 9.39. The van der Waals surface area contributed by atoms with Crippen LogP contribution in [0.1, 0.15) is 5.69 Å². The number of nitrogens with zero attached hydrogens (tertiary/aromatic N) is 4. The minimum Gasteiger partial charge on any atom is -0.324 e. The molecule has 0 radical (unpaired) electrons. The van der Waals surface area contributed by atoms with Crippen molar-refractivity contribution in [3.8, 4) is 0 Å². The molecule has 2 heterocycles. The second kappa shape index (κ2) is 4.55. The molecule has 0 N–H and O–H groups in total. The van der Waals surface area contributed by atoms with E-state index in [4.69, 9.17) is 11.6 Å². The lowest BCUT2D eigenvalue weighted by atomic mass is 10.3. The first-order valence-electron chi connectivity index (χ1n) is 5.21. The molecule has 0 bridgehead atoms. The van der Waals surface area contributed by atoms with Crippen LogP contribution in [-0.2, 0) is 16.6 Å². The van der Waals surface area contributed by atoms with Gasteiger partial charge in [-0.15, -0.1) is 9.50 Å². The van der Waals surface area contributed by atoms with Crippen molar-refractivity contribution >= 4 is 45.2 Å². The Morgan fingerprint density at radius 3 is 2.84 bits per heavy atom. The van der Waals surface area contributed by atoms with E-state index >= 15 is 0 Å². The fourth-order valence-corrected chi connectivity index (χ4v) is 3.39. The molecule has 6 nitrogen and oxygen atoms in total. The Morgan fingerprint density at radius 1 is 1.32 bits per heavy atom. The van der Waals surface area contributed by atoms with E-state index in [0.29, 0.717) is 22.3 Å². The van der Waals surface area contributed by atoms with Gasteiger partial charge < -0.3 is 4.90 Å². The van der Waals surface area contributed by atoms with Crippen LogP contribution in [-0.4, -0.2) is 24.3 Å². The number of sulfonamides is 1. The molecule has 0 spiro atoms. The molecule has 19 heavy (non-hydrogen) atoms. The highest BCUT2D eigenvalue weighted by molar-refractivity contribution is 7.90. The van der Waals surface area contributed by atoms with Gasteiger partial charge in [0.2, 0.25) is 0 Å². The van der Waals surface area contributed by atoms with Gasteiger partial charge in [-0.05, 0) is 12.1 Å². The summed E-state index contributed by atoms with van der Waals surface area (Å²) in [4.78, 5) is 1.86. The van der Waals surface area contributed by atoms with E-state index in [-0.39, 0.29) is 4.90 Å². The number of para-hydroxylation sites is 1. The summed E-state index contributed by atoms with van der Waals surface area (Å²) in [5.74, 6) is 0. The second-order valence-electron chi connectivity index (χ2n) is 3.78. The monoisotopic (exact) mass is 314 g/mol. The minimum atomic E-state index is -3.60. The fraction of sp³-hybridized carbons (Fsp3) is 0.100. The SMILES string of the molecule is O=S1(=O)N=CN(Cc2nnsc2Cl)c2ccccc21. The van der Waals surface area contributed by atoms with Gasteiger partial charge >= 0.3 is 0 Å². The number of hydrogen-bond acceptors (Lipinski definition) is 6. The van der Waals surface area contributed by atoms with Crippen molar-refractivity contribution in [3.63, 3.8) is 0 Å². The van der Waals surface area contributed by atoms with Gasteiger partial charge in [0.25, 0.3) is 10.0 Å². The summed E-state index contributed by atoms with van der Waals surface area (Å²) in [5, 5.41) is 3.90. The number of halogens is 1. The number of hydrogen-bond donors (Lipinski definition) is 0. The molecular weight excluding hydrogens is 308 g/mol. The highest BCUT2D eigenvalue weighted by Crippen LogP contribution is 2.31. The van der Waals surface area contributed by atoms with E-state index in [9.17, 15) is 8.42 Å².